The molecule has 8 heteroatoms. The largest absolute Gasteiger partial charge is 0.444 e. The Labute approximate surface area is 190 Å². The Kier molecular flexibility index (Phi) is 10.6. The fourth-order valence-corrected chi connectivity index (χ4v) is 3.89. The molecule has 2 atom stereocenters. The van der Waals surface area contributed by atoms with E-state index < -0.39 is 5.60 Å². The Balaban J connectivity index is 0.00000392. The molecule has 1 aromatic heterocycles. The molecule has 1 aromatic rings. The van der Waals surface area contributed by atoms with Crippen LogP contribution in [-0.2, 0) is 4.74 Å². The summed E-state index contributed by atoms with van der Waals surface area (Å²) in [5.41, 5.74) is -0.451. The van der Waals surface area contributed by atoms with Gasteiger partial charge in [-0.1, -0.05) is 13.0 Å². The molecule has 6 nitrogen and oxygen atoms in total. The van der Waals surface area contributed by atoms with Gasteiger partial charge in [-0.3, -0.25) is 4.99 Å². The Hall–Kier alpha value is -1.03. The molecule has 2 heterocycles. The number of hydrogen-bond acceptors (Lipinski definition) is 4. The molecular weight excluding hydrogens is 487 g/mol. The molecule has 0 saturated carbocycles. The Morgan fingerprint density at radius 2 is 2.18 bits per heavy atom. The highest BCUT2D eigenvalue weighted by molar-refractivity contribution is 14.0. The lowest BCUT2D eigenvalue weighted by Gasteiger charge is -2.34. The maximum absolute atomic E-state index is 12.3. The Bertz CT molecular complexity index is 616. The summed E-state index contributed by atoms with van der Waals surface area (Å²) < 4.78 is 5.50. The molecule has 0 radical (unpaired) electrons. The molecule has 1 amide bonds. The van der Waals surface area contributed by atoms with E-state index >= 15 is 0 Å². The van der Waals surface area contributed by atoms with Crippen LogP contribution in [0.25, 0.3) is 0 Å². The molecule has 2 N–H and O–H groups in total. The minimum absolute atomic E-state index is 0. The number of nitrogens with zero attached hydrogens (tertiary/aromatic N) is 2. The molecule has 1 aliphatic rings. The first-order valence-corrected chi connectivity index (χ1v) is 10.6. The Morgan fingerprint density at radius 1 is 1.43 bits per heavy atom. The SMILES string of the molecule is CN=C(NCC1CCCN(C(=O)OC(C)(C)C)C1)NCC(C)c1cccs1.I. The van der Waals surface area contributed by atoms with E-state index in [4.69, 9.17) is 4.74 Å². The average molecular weight is 522 g/mol. The number of ether oxygens (including phenoxy) is 1. The maximum atomic E-state index is 12.3. The van der Waals surface area contributed by atoms with Crippen molar-refractivity contribution >= 4 is 47.4 Å². The van der Waals surface area contributed by atoms with Crippen molar-refractivity contribution in [3.8, 4) is 0 Å². The van der Waals surface area contributed by atoms with E-state index in [0.29, 0.717) is 11.8 Å². The summed E-state index contributed by atoms with van der Waals surface area (Å²) in [5, 5.41) is 8.92. The normalized spacial score (nSPS) is 18.8. The van der Waals surface area contributed by atoms with E-state index in [1.165, 1.54) is 4.88 Å². The summed E-state index contributed by atoms with van der Waals surface area (Å²) in [6, 6.07) is 4.25. The monoisotopic (exact) mass is 522 g/mol. The predicted octanol–water partition coefficient (Wildman–Crippen LogP) is 4.28. The summed E-state index contributed by atoms with van der Waals surface area (Å²) in [6.45, 7) is 11.1. The zero-order chi connectivity index (χ0) is 19.9. The van der Waals surface area contributed by atoms with Gasteiger partial charge in [0.2, 0.25) is 0 Å². The third-order valence-corrected chi connectivity index (χ3v) is 5.66. The number of carbonyl (C=O) groups is 1. The standard InChI is InChI=1S/C20H34N4O2S.HI/c1-15(17-9-7-11-27-17)12-22-18(21-5)23-13-16-8-6-10-24(14-16)19(25)26-20(2,3)4;/h7,9,11,15-16H,6,8,10,12-14H2,1-5H3,(H2,21,22,23);1H. The van der Waals surface area contributed by atoms with Crippen molar-refractivity contribution in [2.75, 3.05) is 33.2 Å². The van der Waals surface area contributed by atoms with Crippen molar-refractivity contribution in [1.82, 2.24) is 15.5 Å². The number of aliphatic imine (C=N–C) groups is 1. The van der Waals surface area contributed by atoms with E-state index in [0.717, 1.165) is 45.0 Å². The van der Waals surface area contributed by atoms with Gasteiger partial charge in [0.05, 0.1) is 0 Å². The van der Waals surface area contributed by atoms with Crippen molar-refractivity contribution in [2.24, 2.45) is 10.9 Å². The number of hydrogen-bond donors (Lipinski definition) is 2. The molecule has 0 bridgehead atoms. The zero-order valence-corrected chi connectivity index (χ0v) is 20.8. The number of thiophene rings is 1. The number of amides is 1. The van der Waals surface area contributed by atoms with Crippen LogP contribution in [0.3, 0.4) is 0 Å². The first kappa shape index (κ1) is 25.0. The van der Waals surface area contributed by atoms with Gasteiger partial charge < -0.3 is 20.3 Å². The lowest BCUT2D eigenvalue weighted by Crippen LogP contribution is -2.47. The van der Waals surface area contributed by atoms with Gasteiger partial charge >= 0.3 is 6.09 Å². The second kappa shape index (κ2) is 11.8. The highest BCUT2D eigenvalue weighted by atomic mass is 127. The van der Waals surface area contributed by atoms with Gasteiger partial charge in [-0.15, -0.1) is 35.3 Å². The molecular formula is C20H35IN4O2S. The molecule has 0 spiro atoms. The third kappa shape index (κ3) is 8.55. The zero-order valence-electron chi connectivity index (χ0n) is 17.7. The highest BCUT2D eigenvalue weighted by Gasteiger charge is 2.27. The molecule has 2 rings (SSSR count). The lowest BCUT2D eigenvalue weighted by atomic mass is 9.98. The summed E-state index contributed by atoms with van der Waals surface area (Å²) >= 11 is 1.78. The number of piperidine rings is 1. The average Bonchev–Trinajstić information content (AvgIpc) is 3.15. The molecule has 160 valence electrons. The molecule has 2 unspecified atom stereocenters. The van der Waals surface area contributed by atoms with E-state index in [1.807, 2.05) is 25.7 Å². The van der Waals surface area contributed by atoms with Crippen LogP contribution >= 0.6 is 35.3 Å². The van der Waals surface area contributed by atoms with Crippen molar-refractivity contribution in [3.05, 3.63) is 22.4 Å². The highest BCUT2D eigenvalue weighted by Crippen LogP contribution is 2.20. The van der Waals surface area contributed by atoms with Crippen LogP contribution < -0.4 is 10.6 Å². The van der Waals surface area contributed by atoms with Gasteiger partial charge in [0, 0.05) is 44.0 Å². The molecule has 0 aromatic carbocycles. The van der Waals surface area contributed by atoms with Crippen molar-refractivity contribution < 1.29 is 9.53 Å². The minimum atomic E-state index is -0.451. The smallest absolute Gasteiger partial charge is 0.410 e. The third-order valence-electron chi connectivity index (χ3n) is 4.56. The van der Waals surface area contributed by atoms with Crippen molar-refractivity contribution in [2.45, 2.75) is 52.1 Å². The van der Waals surface area contributed by atoms with Gasteiger partial charge in [0.15, 0.2) is 5.96 Å². The fourth-order valence-electron chi connectivity index (χ4n) is 3.11. The number of nitrogens with one attached hydrogen (secondary N) is 2. The quantitative estimate of drug-likeness (QED) is 0.344. The van der Waals surface area contributed by atoms with Crippen LogP contribution in [0.2, 0.25) is 0 Å². The van der Waals surface area contributed by atoms with Crippen LogP contribution in [0.1, 0.15) is 51.3 Å². The second-order valence-corrected chi connectivity index (χ2v) is 9.16. The first-order chi connectivity index (χ1) is 12.8. The van der Waals surface area contributed by atoms with Gasteiger partial charge in [-0.25, -0.2) is 4.79 Å². The lowest BCUT2D eigenvalue weighted by molar-refractivity contribution is 0.0168. The first-order valence-electron chi connectivity index (χ1n) is 9.74. The van der Waals surface area contributed by atoms with Gasteiger partial charge in [0.25, 0.3) is 0 Å². The van der Waals surface area contributed by atoms with Crippen LogP contribution in [0.15, 0.2) is 22.5 Å². The van der Waals surface area contributed by atoms with E-state index in [2.05, 4.69) is 40.1 Å². The van der Waals surface area contributed by atoms with Crippen LogP contribution in [0.4, 0.5) is 4.79 Å². The molecule has 1 aliphatic heterocycles. The van der Waals surface area contributed by atoms with Crippen molar-refractivity contribution in [1.29, 1.82) is 0 Å². The molecule has 1 saturated heterocycles. The summed E-state index contributed by atoms with van der Waals surface area (Å²) in [5.74, 6) is 1.66. The summed E-state index contributed by atoms with van der Waals surface area (Å²) in [6.07, 6.45) is 1.90. The number of halogens is 1. The van der Waals surface area contributed by atoms with E-state index in [1.54, 1.807) is 18.4 Å². The van der Waals surface area contributed by atoms with Crippen LogP contribution in [0, 0.1) is 5.92 Å². The number of guanidine groups is 1. The maximum Gasteiger partial charge on any atom is 0.410 e. The summed E-state index contributed by atoms with van der Waals surface area (Å²) in [4.78, 5) is 19.8. The second-order valence-electron chi connectivity index (χ2n) is 8.19. The van der Waals surface area contributed by atoms with Crippen LogP contribution in [-0.4, -0.2) is 55.8 Å². The summed E-state index contributed by atoms with van der Waals surface area (Å²) in [7, 11) is 1.79. The van der Waals surface area contributed by atoms with Gasteiger partial charge in [-0.2, -0.15) is 0 Å². The van der Waals surface area contributed by atoms with Gasteiger partial charge in [0.1, 0.15) is 5.60 Å². The molecule has 1 fully saturated rings. The van der Waals surface area contributed by atoms with E-state index in [9.17, 15) is 4.79 Å². The molecule has 0 aliphatic carbocycles. The van der Waals surface area contributed by atoms with Gasteiger partial charge in [-0.05, 0) is 51.0 Å². The minimum Gasteiger partial charge on any atom is -0.444 e. The predicted molar refractivity (Wildman–Crippen MR) is 128 cm³/mol. The fraction of sp³-hybridized carbons (Fsp3) is 0.700. The van der Waals surface area contributed by atoms with Crippen molar-refractivity contribution in [3.63, 3.8) is 0 Å². The van der Waals surface area contributed by atoms with E-state index in [-0.39, 0.29) is 30.1 Å². The van der Waals surface area contributed by atoms with Crippen LogP contribution in [0.5, 0.6) is 0 Å². The Morgan fingerprint density at radius 3 is 2.79 bits per heavy atom. The number of likely N-dealkylation sites (tertiary alicyclic amines) is 1. The number of rotatable bonds is 5. The topological polar surface area (TPSA) is 66.0 Å². The molecule has 28 heavy (non-hydrogen) atoms. The number of carbonyl (C=O) groups excluding carboxylic acids is 1.